The topological polar surface area (TPSA) is 88.2 Å². The minimum Gasteiger partial charge on any atom is -0.493 e. The first-order valence-corrected chi connectivity index (χ1v) is 13.3. The Balaban J connectivity index is 1.29. The van der Waals surface area contributed by atoms with Crippen LogP contribution >= 0.6 is 0 Å². The maximum absolute atomic E-state index is 13.7. The van der Waals surface area contributed by atoms with Crippen molar-refractivity contribution in [1.82, 2.24) is 15.1 Å². The van der Waals surface area contributed by atoms with Crippen LogP contribution in [0.5, 0.6) is 5.75 Å². The van der Waals surface area contributed by atoms with Gasteiger partial charge < -0.3 is 29.4 Å². The number of benzene rings is 2. The fourth-order valence-electron chi connectivity index (χ4n) is 5.25. The van der Waals surface area contributed by atoms with Crippen molar-refractivity contribution < 1.29 is 28.2 Å². The van der Waals surface area contributed by atoms with Crippen molar-refractivity contribution in [2.24, 2.45) is 0 Å². The van der Waals surface area contributed by atoms with Gasteiger partial charge in [-0.1, -0.05) is 19.1 Å². The minimum absolute atomic E-state index is 0.0801. The van der Waals surface area contributed by atoms with Gasteiger partial charge in [0.25, 0.3) is 5.91 Å². The molecule has 9 heteroatoms. The van der Waals surface area contributed by atoms with Gasteiger partial charge in [-0.15, -0.1) is 0 Å². The molecule has 0 saturated heterocycles. The molecule has 2 aromatic rings. The average Bonchev–Trinajstić information content (AvgIpc) is 3.49. The molecule has 0 aromatic heterocycles. The van der Waals surface area contributed by atoms with Crippen molar-refractivity contribution in [2.75, 3.05) is 33.3 Å². The Labute approximate surface area is 223 Å². The molecule has 2 amide bonds. The standard InChI is InChI=1S/C29H36FN3O5/c1-3-32(14-12-27-23-17-21(30)11-10-20(23)19-38-27)13-6-16-37-26-9-4-7-22-24(26)18-33(29(22)36)25(8-5-15-34)28(35)31-2/h4,7,9-11,15,17,25,27H,3,5-6,8,12-14,16,18-19H2,1-2H3,(H,31,35)/t25?,27-/m0/s1. The summed E-state index contributed by atoms with van der Waals surface area (Å²) in [6, 6.07) is 9.55. The zero-order valence-corrected chi connectivity index (χ0v) is 22.1. The predicted molar refractivity (Wildman–Crippen MR) is 140 cm³/mol. The van der Waals surface area contributed by atoms with Crippen LogP contribution in [0, 0.1) is 5.82 Å². The fraction of sp³-hybridized carbons (Fsp3) is 0.483. The molecule has 2 aromatic carbocycles. The average molecular weight is 526 g/mol. The molecule has 1 N–H and O–H groups in total. The molecular formula is C29H36FN3O5. The molecular weight excluding hydrogens is 489 g/mol. The number of hydrogen-bond acceptors (Lipinski definition) is 6. The predicted octanol–water partition coefficient (Wildman–Crippen LogP) is 3.63. The van der Waals surface area contributed by atoms with Gasteiger partial charge in [-0.3, -0.25) is 9.59 Å². The summed E-state index contributed by atoms with van der Waals surface area (Å²) in [4.78, 5) is 40.2. The van der Waals surface area contributed by atoms with E-state index in [1.165, 1.54) is 18.0 Å². The second-order valence-corrected chi connectivity index (χ2v) is 9.66. The normalized spacial score (nSPS) is 16.9. The van der Waals surface area contributed by atoms with E-state index in [-0.39, 0.29) is 43.1 Å². The molecule has 2 atom stereocenters. The van der Waals surface area contributed by atoms with E-state index in [1.807, 2.05) is 6.07 Å². The Morgan fingerprint density at radius 3 is 2.92 bits per heavy atom. The Kier molecular flexibility index (Phi) is 9.47. The van der Waals surface area contributed by atoms with Gasteiger partial charge >= 0.3 is 0 Å². The van der Waals surface area contributed by atoms with Crippen LogP contribution in [0.25, 0.3) is 0 Å². The van der Waals surface area contributed by atoms with Crippen LogP contribution in [0.4, 0.5) is 4.39 Å². The highest BCUT2D eigenvalue weighted by Crippen LogP contribution is 2.34. The van der Waals surface area contributed by atoms with E-state index < -0.39 is 6.04 Å². The van der Waals surface area contributed by atoms with Gasteiger partial charge in [-0.25, -0.2) is 4.39 Å². The first kappa shape index (κ1) is 27.7. The zero-order chi connectivity index (χ0) is 27.1. The summed E-state index contributed by atoms with van der Waals surface area (Å²) in [6.07, 6.45) is 2.75. The van der Waals surface area contributed by atoms with Crippen LogP contribution in [-0.2, 0) is 27.5 Å². The molecule has 8 nitrogen and oxygen atoms in total. The van der Waals surface area contributed by atoms with Crippen molar-refractivity contribution in [3.63, 3.8) is 0 Å². The Morgan fingerprint density at radius 1 is 1.32 bits per heavy atom. The number of rotatable bonds is 14. The number of likely N-dealkylation sites (N-methyl/N-ethyl adjacent to an activating group) is 1. The largest absolute Gasteiger partial charge is 0.493 e. The molecule has 2 aliphatic rings. The van der Waals surface area contributed by atoms with E-state index in [4.69, 9.17) is 9.47 Å². The summed E-state index contributed by atoms with van der Waals surface area (Å²) in [5.41, 5.74) is 3.32. The molecule has 0 bridgehead atoms. The van der Waals surface area contributed by atoms with Gasteiger partial charge in [0.15, 0.2) is 0 Å². The summed E-state index contributed by atoms with van der Waals surface area (Å²) in [5.74, 6) is -0.0963. The third-order valence-electron chi connectivity index (χ3n) is 7.36. The van der Waals surface area contributed by atoms with Gasteiger partial charge in [0.05, 0.1) is 25.9 Å². The number of halogens is 1. The lowest BCUT2D eigenvalue weighted by Gasteiger charge is -2.25. The van der Waals surface area contributed by atoms with E-state index in [2.05, 4.69) is 17.1 Å². The van der Waals surface area contributed by atoms with Gasteiger partial charge in [0.2, 0.25) is 5.91 Å². The summed E-state index contributed by atoms with van der Waals surface area (Å²) in [5, 5.41) is 2.60. The molecule has 0 radical (unpaired) electrons. The van der Waals surface area contributed by atoms with Gasteiger partial charge in [0, 0.05) is 37.7 Å². The van der Waals surface area contributed by atoms with Crippen LogP contribution in [0.1, 0.15) is 65.8 Å². The van der Waals surface area contributed by atoms with Crippen molar-refractivity contribution in [3.05, 3.63) is 64.5 Å². The van der Waals surface area contributed by atoms with E-state index in [9.17, 15) is 18.8 Å². The van der Waals surface area contributed by atoms with E-state index in [0.717, 1.165) is 55.5 Å². The number of aldehydes is 1. The maximum atomic E-state index is 13.7. The molecule has 2 heterocycles. The summed E-state index contributed by atoms with van der Waals surface area (Å²) in [6.45, 7) is 5.95. The molecule has 204 valence electrons. The van der Waals surface area contributed by atoms with Crippen LogP contribution in [-0.4, -0.2) is 67.2 Å². The number of carbonyl (C=O) groups is 3. The summed E-state index contributed by atoms with van der Waals surface area (Å²) >= 11 is 0. The van der Waals surface area contributed by atoms with Crippen molar-refractivity contribution in [1.29, 1.82) is 0 Å². The zero-order valence-electron chi connectivity index (χ0n) is 22.1. The van der Waals surface area contributed by atoms with Crippen LogP contribution in [0.3, 0.4) is 0 Å². The van der Waals surface area contributed by atoms with Crippen LogP contribution in [0.2, 0.25) is 0 Å². The molecule has 0 aliphatic carbocycles. The van der Waals surface area contributed by atoms with Crippen LogP contribution in [0.15, 0.2) is 36.4 Å². The van der Waals surface area contributed by atoms with E-state index in [0.29, 0.717) is 24.5 Å². The summed E-state index contributed by atoms with van der Waals surface area (Å²) < 4.78 is 25.7. The highest BCUT2D eigenvalue weighted by Gasteiger charge is 2.37. The van der Waals surface area contributed by atoms with Crippen molar-refractivity contribution >= 4 is 18.1 Å². The molecule has 2 aliphatic heterocycles. The van der Waals surface area contributed by atoms with Crippen molar-refractivity contribution in [3.8, 4) is 5.75 Å². The highest BCUT2D eigenvalue weighted by atomic mass is 19.1. The monoisotopic (exact) mass is 525 g/mol. The third-order valence-corrected chi connectivity index (χ3v) is 7.36. The Bertz CT molecular complexity index is 1160. The van der Waals surface area contributed by atoms with Crippen LogP contribution < -0.4 is 10.1 Å². The highest BCUT2D eigenvalue weighted by molar-refractivity contribution is 6.01. The lowest BCUT2D eigenvalue weighted by atomic mass is 10.0. The lowest BCUT2D eigenvalue weighted by molar-refractivity contribution is -0.125. The Hall–Kier alpha value is -3.30. The number of amides is 2. The first-order valence-electron chi connectivity index (χ1n) is 13.3. The smallest absolute Gasteiger partial charge is 0.255 e. The second-order valence-electron chi connectivity index (χ2n) is 9.66. The molecule has 1 unspecified atom stereocenters. The summed E-state index contributed by atoms with van der Waals surface area (Å²) in [7, 11) is 1.53. The third kappa shape index (κ3) is 6.22. The maximum Gasteiger partial charge on any atom is 0.255 e. The quantitative estimate of drug-likeness (QED) is 0.299. The minimum atomic E-state index is -0.705. The Morgan fingerprint density at radius 2 is 2.16 bits per heavy atom. The second kappa shape index (κ2) is 13.0. The van der Waals surface area contributed by atoms with Gasteiger partial charge in [0.1, 0.15) is 23.9 Å². The SMILES string of the molecule is CCN(CCCOc1cccc2c1CN(C(CCC=O)C(=O)NC)C2=O)CC[C@@H]1OCc2ccc(F)cc21. The molecule has 0 saturated carbocycles. The number of nitrogens with zero attached hydrogens (tertiary/aromatic N) is 2. The molecule has 0 spiro atoms. The number of ether oxygens (including phenoxy) is 2. The lowest BCUT2D eigenvalue weighted by Crippen LogP contribution is -2.46. The number of hydrogen-bond donors (Lipinski definition) is 1. The van der Waals surface area contributed by atoms with E-state index >= 15 is 0 Å². The molecule has 38 heavy (non-hydrogen) atoms. The van der Waals surface area contributed by atoms with Crippen molar-refractivity contribution in [2.45, 2.75) is 57.9 Å². The molecule has 0 fully saturated rings. The number of fused-ring (bicyclic) bond motifs is 2. The fourth-order valence-corrected chi connectivity index (χ4v) is 5.25. The van der Waals surface area contributed by atoms with Gasteiger partial charge in [-0.2, -0.15) is 0 Å². The number of nitrogens with one attached hydrogen (secondary N) is 1. The van der Waals surface area contributed by atoms with E-state index in [1.54, 1.807) is 24.3 Å². The number of carbonyl (C=O) groups excluding carboxylic acids is 3. The van der Waals surface area contributed by atoms with Gasteiger partial charge in [-0.05, 0) is 61.2 Å². The first-order chi connectivity index (χ1) is 18.5. The molecule has 4 rings (SSSR count).